The SMILES string of the molecule is COc1ccc(Br)cc1C(Cl)c1cc(Br)ccc1Br. The number of methoxy groups -OCH3 is 1. The fraction of sp³-hybridized carbons (Fsp3) is 0.143. The molecule has 100 valence electrons. The fourth-order valence-corrected chi connectivity index (χ4v) is 3.50. The van der Waals surface area contributed by atoms with Gasteiger partial charge in [-0.2, -0.15) is 0 Å². The molecular weight excluding hydrogens is 459 g/mol. The molecule has 0 spiro atoms. The Bertz CT molecular complexity index is 601. The van der Waals surface area contributed by atoms with Gasteiger partial charge < -0.3 is 4.74 Å². The van der Waals surface area contributed by atoms with Crippen LogP contribution in [0.5, 0.6) is 5.75 Å². The highest BCUT2D eigenvalue weighted by Gasteiger charge is 2.18. The lowest BCUT2D eigenvalue weighted by Crippen LogP contribution is -1.98. The third kappa shape index (κ3) is 3.54. The maximum atomic E-state index is 6.61. The van der Waals surface area contributed by atoms with Crippen LogP contribution in [0.2, 0.25) is 0 Å². The summed E-state index contributed by atoms with van der Waals surface area (Å²) in [4.78, 5) is 0. The van der Waals surface area contributed by atoms with Crippen LogP contribution in [0.25, 0.3) is 0 Å². The number of ether oxygens (including phenoxy) is 1. The number of hydrogen-bond acceptors (Lipinski definition) is 1. The quantitative estimate of drug-likeness (QED) is 0.479. The molecule has 5 heteroatoms. The highest BCUT2D eigenvalue weighted by atomic mass is 79.9. The van der Waals surface area contributed by atoms with Crippen LogP contribution < -0.4 is 4.74 Å². The lowest BCUT2D eigenvalue weighted by molar-refractivity contribution is 0.410. The van der Waals surface area contributed by atoms with Crippen LogP contribution in [0.4, 0.5) is 0 Å². The van der Waals surface area contributed by atoms with Gasteiger partial charge in [0.05, 0.1) is 12.5 Å². The van der Waals surface area contributed by atoms with Gasteiger partial charge >= 0.3 is 0 Å². The van der Waals surface area contributed by atoms with E-state index in [0.717, 1.165) is 30.3 Å². The average Bonchev–Trinajstić information content (AvgIpc) is 2.40. The number of halogens is 4. The van der Waals surface area contributed by atoms with E-state index in [1.54, 1.807) is 7.11 Å². The number of rotatable bonds is 3. The van der Waals surface area contributed by atoms with Crippen molar-refractivity contribution in [1.82, 2.24) is 0 Å². The van der Waals surface area contributed by atoms with Gasteiger partial charge in [0.1, 0.15) is 5.75 Å². The van der Waals surface area contributed by atoms with Crippen molar-refractivity contribution in [3.8, 4) is 5.75 Å². The minimum atomic E-state index is -0.292. The van der Waals surface area contributed by atoms with Crippen molar-refractivity contribution in [1.29, 1.82) is 0 Å². The first-order valence-electron chi connectivity index (χ1n) is 5.45. The van der Waals surface area contributed by atoms with E-state index in [4.69, 9.17) is 16.3 Å². The van der Waals surface area contributed by atoms with Crippen LogP contribution in [0, 0.1) is 0 Å². The first-order valence-corrected chi connectivity index (χ1v) is 8.27. The predicted octanol–water partition coefficient (Wildman–Crippen LogP) is 6.31. The molecule has 0 amide bonds. The molecule has 0 saturated heterocycles. The van der Waals surface area contributed by atoms with Crippen molar-refractivity contribution in [3.05, 3.63) is 60.9 Å². The maximum absolute atomic E-state index is 6.61. The van der Waals surface area contributed by atoms with Crippen LogP contribution in [0.3, 0.4) is 0 Å². The molecular formula is C14H10Br3ClO. The van der Waals surface area contributed by atoms with Gasteiger partial charge in [0, 0.05) is 19.0 Å². The molecule has 0 aromatic heterocycles. The van der Waals surface area contributed by atoms with E-state index in [2.05, 4.69) is 47.8 Å². The van der Waals surface area contributed by atoms with Crippen molar-refractivity contribution in [2.24, 2.45) is 0 Å². The zero-order valence-electron chi connectivity index (χ0n) is 9.96. The fourth-order valence-electron chi connectivity index (χ4n) is 1.78. The molecule has 0 N–H and O–H groups in total. The molecule has 2 aromatic carbocycles. The highest BCUT2D eigenvalue weighted by molar-refractivity contribution is 9.11. The number of alkyl halides is 1. The second kappa shape index (κ2) is 6.61. The Hall–Kier alpha value is -0.0300. The molecule has 1 nitrogen and oxygen atoms in total. The molecule has 2 rings (SSSR count). The molecule has 0 aliphatic rings. The molecule has 0 aliphatic heterocycles. The summed E-state index contributed by atoms with van der Waals surface area (Å²) in [6.45, 7) is 0. The summed E-state index contributed by atoms with van der Waals surface area (Å²) < 4.78 is 8.31. The summed E-state index contributed by atoms with van der Waals surface area (Å²) in [7, 11) is 1.65. The van der Waals surface area contributed by atoms with E-state index in [-0.39, 0.29) is 5.38 Å². The third-order valence-corrected chi connectivity index (χ3v) is 4.87. The van der Waals surface area contributed by atoms with Crippen molar-refractivity contribution in [2.75, 3.05) is 7.11 Å². The van der Waals surface area contributed by atoms with Crippen molar-refractivity contribution >= 4 is 59.4 Å². The molecule has 0 heterocycles. The first-order chi connectivity index (χ1) is 9.02. The zero-order valence-corrected chi connectivity index (χ0v) is 15.5. The Morgan fingerprint density at radius 3 is 2.16 bits per heavy atom. The van der Waals surface area contributed by atoms with Gasteiger partial charge in [0.15, 0.2) is 0 Å². The van der Waals surface area contributed by atoms with Crippen LogP contribution in [0.15, 0.2) is 49.8 Å². The average molecular weight is 469 g/mol. The van der Waals surface area contributed by atoms with Crippen LogP contribution >= 0.6 is 59.4 Å². The molecule has 0 fully saturated rings. The van der Waals surface area contributed by atoms with E-state index in [1.165, 1.54) is 0 Å². The Kier molecular flexibility index (Phi) is 5.35. The van der Waals surface area contributed by atoms with Gasteiger partial charge in [-0.1, -0.05) is 47.8 Å². The maximum Gasteiger partial charge on any atom is 0.123 e. The monoisotopic (exact) mass is 466 g/mol. The first kappa shape index (κ1) is 15.4. The summed E-state index contributed by atoms with van der Waals surface area (Å²) in [6.07, 6.45) is 0. The van der Waals surface area contributed by atoms with Gasteiger partial charge in [-0.3, -0.25) is 0 Å². The molecule has 0 bridgehead atoms. The molecule has 1 unspecified atom stereocenters. The zero-order chi connectivity index (χ0) is 14.0. The van der Waals surface area contributed by atoms with E-state index in [9.17, 15) is 0 Å². The minimum Gasteiger partial charge on any atom is -0.496 e. The van der Waals surface area contributed by atoms with Crippen LogP contribution in [-0.4, -0.2) is 7.11 Å². The van der Waals surface area contributed by atoms with Gasteiger partial charge in [-0.25, -0.2) is 0 Å². The third-order valence-electron chi connectivity index (χ3n) is 2.70. The summed E-state index contributed by atoms with van der Waals surface area (Å²) in [6, 6.07) is 11.8. The Balaban J connectivity index is 2.51. The van der Waals surface area contributed by atoms with E-state index in [0.29, 0.717) is 0 Å². The largest absolute Gasteiger partial charge is 0.496 e. The summed E-state index contributed by atoms with van der Waals surface area (Å²) in [5.74, 6) is 0.773. The lowest BCUT2D eigenvalue weighted by Gasteiger charge is -2.16. The topological polar surface area (TPSA) is 9.23 Å². The lowest BCUT2D eigenvalue weighted by atomic mass is 10.0. The summed E-state index contributed by atoms with van der Waals surface area (Å²) >= 11 is 17.1. The summed E-state index contributed by atoms with van der Waals surface area (Å²) in [5.41, 5.74) is 1.92. The van der Waals surface area contributed by atoms with Crippen molar-refractivity contribution in [3.63, 3.8) is 0 Å². The minimum absolute atomic E-state index is 0.292. The summed E-state index contributed by atoms with van der Waals surface area (Å²) in [5, 5.41) is -0.292. The second-order valence-electron chi connectivity index (χ2n) is 3.91. The molecule has 0 radical (unpaired) electrons. The number of hydrogen-bond donors (Lipinski definition) is 0. The molecule has 1 atom stereocenters. The second-order valence-corrected chi connectivity index (χ2v) is 7.04. The van der Waals surface area contributed by atoms with Gasteiger partial charge in [-0.05, 0) is 42.0 Å². The van der Waals surface area contributed by atoms with E-state index < -0.39 is 0 Å². The van der Waals surface area contributed by atoms with Gasteiger partial charge in [-0.15, -0.1) is 11.6 Å². The number of benzene rings is 2. The standard InChI is InChI=1S/C14H10Br3ClO/c1-19-13-5-3-9(16)7-11(13)14(18)10-6-8(15)2-4-12(10)17/h2-7,14H,1H3. The normalized spacial score (nSPS) is 12.3. The van der Waals surface area contributed by atoms with Crippen molar-refractivity contribution < 1.29 is 4.74 Å². The Labute approximate surface area is 142 Å². The van der Waals surface area contributed by atoms with Gasteiger partial charge in [0.25, 0.3) is 0 Å². The smallest absolute Gasteiger partial charge is 0.123 e. The highest BCUT2D eigenvalue weighted by Crippen LogP contribution is 2.40. The van der Waals surface area contributed by atoms with E-state index >= 15 is 0 Å². The van der Waals surface area contributed by atoms with Crippen LogP contribution in [0.1, 0.15) is 16.5 Å². The molecule has 0 aliphatic carbocycles. The molecule has 0 saturated carbocycles. The van der Waals surface area contributed by atoms with Crippen LogP contribution in [-0.2, 0) is 0 Å². The van der Waals surface area contributed by atoms with Crippen molar-refractivity contribution in [2.45, 2.75) is 5.38 Å². The molecule has 2 aromatic rings. The Morgan fingerprint density at radius 2 is 1.53 bits per heavy atom. The van der Waals surface area contributed by atoms with Gasteiger partial charge in [0.2, 0.25) is 0 Å². The molecule has 19 heavy (non-hydrogen) atoms. The predicted molar refractivity (Wildman–Crippen MR) is 90.2 cm³/mol. The van der Waals surface area contributed by atoms with E-state index in [1.807, 2.05) is 36.4 Å². The Morgan fingerprint density at radius 1 is 0.947 bits per heavy atom.